The molecule has 0 atom stereocenters. The van der Waals surface area contributed by atoms with E-state index in [1.807, 2.05) is 0 Å². The summed E-state index contributed by atoms with van der Waals surface area (Å²) in [6.45, 7) is 6.02. The fourth-order valence-electron chi connectivity index (χ4n) is 1.94. The number of alkyl halides is 2. The molecule has 0 saturated heterocycles. The molecule has 0 aliphatic heterocycles. The molecule has 0 radical (unpaired) electrons. The number of hydrogen-bond acceptors (Lipinski definition) is 3. The molecule has 1 aliphatic rings. The predicted octanol–water partition coefficient (Wildman–Crippen LogP) is 2.53. The standard InChI is InChI=1S/C13H24F2N2O2/c1-9-5-10(6-9)16-7-13(14,15)8-17-11(18)19-12(2,3)4/h9-10,16H,5-8H2,1-4H3,(H,17,18). The Bertz CT molecular complexity index is 310. The van der Waals surface area contributed by atoms with Crippen LogP contribution in [0.15, 0.2) is 0 Å². The predicted molar refractivity (Wildman–Crippen MR) is 69.4 cm³/mol. The van der Waals surface area contributed by atoms with E-state index in [0.717, 1.165) is 12.8 Å². The maximum absolute atomic E-state index is 13.5. The van der Waals surface area contributed by atoms with Gasteiger partial charge in [-0.2, -0.15) is 0 Å². The van der Waals surface area contributed by atoms with Crippen molar-refractivity contribution < 1.29 is 18.3 Å². The Morgan fingerprint density at radius 2 is 1.84 bits per heavy atom. The Hall–Kier alpha value is -0.910. The molecule has 1 rings (SSSR count). The SMILES string of the molecule is CC1CC(NCC(F)(F)CNC(=O)OC(C)(C)C)C1. The molecular formula is C13H24F2N2O2. The average molecular weight is 278 g/mol. The van der Waals surface area contributed by atoms with Gasteiger partial charge in [0.15, 0.2) is 0 Å². The Labute approximate surface area is 113 Å². The first-order valence-electron chi connectivity index (χ1n) is 6.65. The van der Waals surface area contributed by atoms with Gasteiger partial charge in [-0.15, -0.1) is 0 Å². The topological polar surface area (TPSA) is 50.4 Å². The van der Waals surface area contributed by atoms with Gasteiger partial charge in [0, 0.05) is 6.04 Å². The van der Waals surface area contributed by atoms with Crippen LogP contribution in [0.5, 0.6) is 0 Å². The van der Waals surface area contributed by atoms with Crippen LogP contribution in [0, 0.1) is 5.92 Å². The van der Waals surface area contributed by atoms with Crippen LogP contribution >= 0.6 is 0 Å². The van der Waals surface area contributed by atoms with Gasteiger partial charge in [-0.3, -0.25) is 0 Å². The lowest BCUT2D eigenvalue weighted by Gasteiger charge is -2.34. The van der Waals surface area contributed by atoms with Crippen molar-refractivity contribution in [3.05, 3.63) is 0 Å². The van der Waals surface area contributed by atoms with E-state index in [4.69, 9.17) is 4.74 Å². The highest BCUT2D eigenvalue weighted by molar-refractivity contribution is 5.67. The number of halogens is 2. The molecule has 112 valence electrons. The zero-order valence-corrected chi connectivity index (χ0v) is 12.1. The third-order valence-electron chi connectivity index (χ3n) is 2.91. The van der Waals surface area contributed by atoms with Crippen LogP contribution in [0.2, 0.25) is 0 Å². The molecule has 0 unspecified atom stereocenters. The summed E-state index contributed by atoms with van der Waals surface area (Å²) >= 11 is 0. The fourth-order valence-corrected chi connectivity index (χ4v) is 1.94. The summed E-state index contributed by atoms with van der Waals surface area (Å²) in [7, 11) is 0. The van der Waals surface area contributed by atoms with E-state index < -0.39 is 30.7 Å². The Kier molecular flexibility index (Phi) is 5.12. The number of amides is 1. The van der Waals surface area contributed by atoms with Gasteiger partial charge in [0.2, 0.25) is 0 Å². The van der Waals surface area contributed by atoms with Crippen molar-refractivity contribution in [3.8, 4) is 0 Å². The van der Waals surface area contributed by atoms with Crippen molar-refractivity contribution in [1.82, 2.24) is 10.6 Å². The van der Waals surface area contributed by atoms with Crippen LogP contribution in [0.1, 0.15) is 40.5 Å². The lowest BCUT2D eigenvalue weighted by atomic mass is 9.82. The second-order valence-corrected chi connectivity index (χ2v) is 6.37. The van der Waals surface area contributed by atoms with E-state index in [9.17, 15) is 13.6 Å². The molecule has 1 aliphatic carbocycles. The van der Waals surface area contributed by atoms with E-state index in [1.165, 1.54) is 0 Å². The number of nitrogens with one attached hydrogen (secondary N) is 2. The van der Waals surface area contributed by atoms with Crippen molar-refractivity contribution in [2.24, 2.45) is 5.92 Å². The number of alkyl carbamates (subject to hydrolysis) is 1. The minimum Gasteiger partial charge on any atom is -0.444 e. The second kappa shape index (κ2) is 6.03. The highest BCUT2D eigenvalue weighted by Crippen LogP contribution is 2.26. The zero-order chi connectivity index (χ0) is 14.7. The lowest BCUT2D eigenvalue weighted by Crippen LogP contribution is -2.49. The maximum atomic E-state index is 13.5. The van der Waals surface area contributed by atoms with Gasteiger partial charge < -0.3 is 15.4 Å². The van der Waals surface area contributed by atoms with Crippen molar-refractivity contribution >= 4 is 6.09 Å². The molecule has 6 heteroatoms. The summed E-state index contributed by atoms with van der Waals surface area (Å²) in [6.07, 6.45) is 1.06. The molecule has 0 aromatic rings. The number of hydrogen-bond donors (Lipinski definition) is 2. The van der Waals surface area contributed by atoms with Gasteiger partial charge >= 0.3 is 6.09 Å². The van der Waals surface area contributed by atoms with Crippen molar-refractivity contribution in [3.63, 3.8) is 0 Å². The summed E-state index contributed by atoms with van der Waals surface area (Å²) in [4.78, 5) is 11.3. The largest absolute Gasteiger partial charge is 0.444 e. The van der Waals surface area contributed by atoms with Crippen LogP contribution in [-0.4, -0.2) is 36.7 Å². The van der Waals surface area contributed by atoms with Crippen molar-refractivity contribution in [2.75, 3.05) is 13.1 Å². The first-order valence-corrected chi connectivity index (χ1v) is 6.65. The molecule has 2 N–H and O–H groups in total. The van der Waals surface area contributed by atoms with Gasteiger partial charge in [0.25, 0.3) is 5.92 Å². The number of rotatable bonds is 5. The molecule has 0 aromatic heterocycles. The van der Waals surface area contributed by atoms with Crippen LogP contribution in [-0.2, 0) is 4.74 Å². The van der Waals surface area contributed by atoms with E-state index in [0.29, 0.717) is 5.92 Å². The molecule has 4 nitrogen and oxygen atoms in total. The van der Waals surface area contributed by atoms with Crippen LogP contribution in [0.3, 0.4) is 0 Å². The number of carbonyl (C=O) groups excluding carboxylic acids is 1. The fraction of sp³-hybridized carbons (Fsp3) is 0.923. The van der Waals surface area contributed by atoms with Crippen molar-refractivity contribution in [1.29, 1.82) is 0 Å². The van der Waals surface area contributed by atoms with E-state index in [1.54, 1.807) is 20.8 Å². The Balaban J connectivity index is 2.20. The Morgan fingerprint density at radius 3 is 2.32 bits per heavy atom. The molecular weight excluding hydrogens is 254 g/mol. The van der Waals surface area contributed by atoms with Gasteiger partial charge in [0.05, 0.1) is 13.1 Å². The smallest absolute Gasteiger partial charge is 0.407 e. The third-order valence-corrected chi connectivity index (χ3v) is 2.91. The molecule has 0 spiro atoms. The van der Waals surface area contributed by atoms with Gasteiger partial charge in [0.1, 0.15) is 5.60 Å². The molecule has 0 heterocycles. The second-order valence-electron chi connectivity index (χ2n) is 6.37. The average Bonchev–Trinajstić information content (AvgIpc) is 2.18. The lowest BCUT2D eigenvalue weighted by molar-refractivity contribution is -0.00907. The van der Waals surface area contributed by atoms with Crippen LogP contribution < -0.4 is 10.6 Å². The quantitative estimate of drug-likeness (QED) is 0.812. The van der Waals surface area contributed by atoms with E-state index in [2.05, 4.69) is 17.6 Å². The molecule has 1 fully saturated rings. The minimum absolute atomic E-state index is 0.183. The summed E-state index contributed by atoms with van der Waals surface area (Å²) in [5.74, 6) is -2.35. The molecule has 0 aromatic carbocycles. The van der Waals surface area contributed by atoms with Gasteiger partial charge in [-0.1, -0.05) is 6.92 Å². The maximum Gasteiger partial charge on any atom is 0.407 e. The summed E-state index contributed by atoms with van der Waals surface area (Å²) in [5, 5.41) is 4.92. The first-order chi connectivity index (χ1) is 8.57. The van der Waals surface area contributed by atoms with Gasteiger partial charge in [-0.05, 0) is 39.5 Å². The summed E-state index contributed by atoms with van der Waals surface area (Å²) < 4.78 is 31.9. The summed E-state index contributed by atoms with van der Waals surface area (Å²) in [6, 6.07) is 0.183. The number of ether oxygens (including phenoxy) is 1. The molecule has 1 saturated carbocycles. The summed E-state index contributed by atoms with van der Waals surface area (Å²) in [5.41, 5.74) is -0.681. The third kappa shape index (κ3) is 6.71. The monoisotopic (exact) mass is 278 g/mol. The molecule has 1 amide bonds. The van der Waals surface area contributed by atoms with E-state index >= 15 is 0 Å². The van der Waals surface area contributed by atoms with E-state index in [-0.39, 0.29) is 6.04 Å². The highest BCUT2D eigenvalue weighted by Gasteiger charge is 2.33. The molecule has 19 heavy (non-hydrogen) atoms. The van der Waals surface area contributed by atoms with Gasteiger partial charge in [-0.25, -0.2) is 13.6 Å². The Morgan fingerprint density at radius 1 is 1.26 bits per heavy atom. The highest BCUT2D eigenvalue weighted by atomic mass is 19.3. The van der Waals surface area contributed by atoms with Crippen LogP contribution in [0.25, 0.3) is 0 Å². The molecule has 0 bridgehead atoms. The first kappa shape index (κ1) is 16.1. The minimum atomic E-state index is -2.96. The zero-order valence-electron chi connectivity index (χ0n) is 12.1. The van der Waals surface area contributed by atoms with Crippen molar-refractivity contribution in [2.45, 2.75) is 58.1 Å². The number of carbonyl (C=O) groups is 1. The van der Waals surface area contributed by atoms with Crippen LogP contribution in [0.4, 0.5) is 13.6 Å². The normalized spacial score (nSPS) is 23.7.